The zero-order valence-electron chi connectivity index (χ0n) is 10.7. The summed E-state index contributed by atoms with van der Waals surface area (Å²) in [7, 11) is 0. The Bertz CT molecular complexity index is 621. The Labute approximate surface area is 113 Å². The number of nitro groups is 1. The molecule has 2 aromatic rings. The minimum atomic E-state index is -0.524. The number of nitro benzene ring substituents is 1. The molecule has 0 saturated carbocycles. The topological polar surface area (TPSA) is 116 Å². The van der Waals surface area contributed by atoms with E-state index in [-0.39, 0.29) is 11.6 Å². The highest BCUT2D eigenvalue weighted by molar-refractivity contribution is 6.03. The van der Waals surface area contributed by atoms with Crippen LogP contribution in [-0.4, -0.2) is 31.0 Å². The number of carbonyl (C=O) groups is 1. The monoisotopic (exact) mass is 276 g/mol. The molecular weight excluding hydrogens is 264 g/mol. The summed E-state index contributed by atoms with van der Waals surface area (Å²) in [6, 6.07) is 5.29. The van der Waals surface area contributed by atoms with Gasteiger partial charge in [0.2, 0.25) is 5.95 Å². The molecule has 0 unspecified atom stereocenters. The number of hydrogen-bond donors (Lipinski definition) is 1. The van der Waals surface area contributed by atoms with Crippen LogP contribution in [0, 0.1) is 10.1 Å². The van der Waals surface area contributed by atoms with E-state index in [0.717, 1.165) is 6.42 Å². The van der Waals surface area contributed by atoms with Crippen LogP contribution in [0.1, 0.15) is 23.7 Å². The van der Waals surface area contributed by atoms with E-state index in [1.807, 2.05) is 6.92 Å². The number of nitrogens with one attached hydrogen (secondary N) is 1. The number of non-ortho nitro benzene ring substituents is 1. The highest BCUT2D eigenvalue weighted by atomic mass is 16.6. The Hall–Kier alpha value is -2.84. The summed E-state index contributed by atoms with van der Waals surface area (Å²) in [6.45, 7) is 2.55. The number of hydrogen-bond acceptors (Lipinski definition) is 6. The van der Waals surface area contributed by atoms with E-state index < -0.39 is 10.8 Å². The molecule has 0 aliphatic rings. The number of nitrogens with zero attached hydrogens (tertiary/aromatic N) is 5. The van der Waals surface area contributed by atoms with Crippen molar-refractivity contribution in [3.63, 3.8) is 0 Å². The highest BCUT2D eigenvalue weighted by Crippen LogP contribution is 2.13. The fourth-order valence-corrected chi connectivity index (χ4v) is 1.56. The minimum Gasteiger partial charge on any atom is -0.289 e. The summed E-state index contributed by atoms with van der Waals surface area (Å²) in [4.78, 5) is 22.0. The summed E-state index contributed by atoms with van der Waals surface area (Å²) in [5.41, 5.74) is 0.221. The molecule has 104 valence electrons. The third-order valence-corrected chi connectivity index (χ3v) is 2.53. The smallest absolute Gasteiger partial charge is 0.269 e. The molecule has 9 nitrogen and oxygen atoms in total. The van der Waals surface area contributed by atoms with Crippen molar-refractivity contribution in [2.24, 2.45) is 0 Å². The molecular formula is C11H12N6O3. The van der Waals surface area contributed by atoms with Gasteiger partial charge in [0.25, 0.3) is 11.6 Å². The van der Waals surface area contributed by atoms with Crippen LogP contribution in [0.2, 0.25) is 0 Å². The van der Waals surface area contributed by atoms with Gasteiger partial charge in [-0.25, -0.2) is 4.68 Å². The van der Waals surface area contributed by atoms with Crippen LogP contribution in [0.15, 0.2) is 24.3 Å². The molecule has 0 atom stereocenters. The van der Waals surface area contributed by atoms with E-state index >= 15 is 0 Å². The number of benzene rings is 1. The van der Waals surface area contributed by atoms with Gasteiger partial charge in [-0.1, -0.05) is 12.0 Å². The molecule has 0 radical (unpaired) electrons. The maximum atomic E-state index is 12.0. The Balaban J connectivity index is 2.11. The van der Waals surface area contributed by atoms with E-state index in [1.54, 1.807) is 0 Å². The van der Waals surface area contributed by atoms with Crippen LogP contribution in [0.5, 0.6) is 0 Å². The molecule has 1 amide bonds. The number of aryl methyl sites for hydroxylation is 1. The zero-order valence-corrected chi connectivity index (χ0v) is 10.7. The van der Waals surface area contributed by atoms with Crippen molar-refractivity contribution in [2.75, 3.05) is 5.32 Å². The lowest BCUT2D eigenvalue weighted by molar-refractivity contribution is -0.384. The Kier molecular flexibility index (Phi) is 3.99. The van der Waals surface area contributed by atoms with Crippen LogP contribution in [0.3, 0.4) is 0 Å². The first-order valence-corrected chi connectivity index (χ1v) is 5.93. The van der Waals surface area contributed by atoms with Gasteiger partial charge < -0.3 is 0 Å². The van der Waals surface area contributed by atoms with E-state index in [2.05, 4.69) is 20.8 Å². The predicted octanol–water partition coefficient (Wildman–Crippen LogP) is 1.24. The minimum absolute atomic E-state index is 0.0719. The third kappa shape index (κ3) is 2.94. The fraction of sp³-hybridized carbons (Fsp3) is 0.273. The standard InChI is InChI=1S/C11H12N6O3/c1-2-7-16-11(13-14-15-16)12-10(18)8-3-5-9(6-4-8)17(19)20/h3-6H,2,7H2,1H3,(H,12,13,15,18). The number of amides is 1. The molecule has 0 aliphatic heterocycles. The van der Waals surface area contributed by atoms with Gasteiger partial charge in [-0.3, -0.25) is 20.2 Å². The normalized spacial score (nSPS) is 10.2. The number of rotatable bonds is 5. The molecule has 1 aromatic heterocycles. The number of aromatic nitrogens is 4. The number of anilines is 1. The van der Waals surface area contributed by atoms with Crippen LogP contribution < -0.4 is 5.32 Å². The molecule has 20 heavy (non-hydrogen) atoms. The summed E-state index contributed by atoms with van der Waals surface area (Å²) >= 11 is 0. The second kappa shape index (κ2) is 5.87. The lowest BCUT2D eigenvalue weighted by atomic mass is 10.2. The van der Waals surface area contributed by atoms with Gasteiger partial charge in [-0.05, 0) is 29.0 Å². The summed E-state index contributed by atoms with van der Waals surface area (Å²) in [5, 5.41) is 24.0. The Morgan fingerprint density at radius 1 is 1.40 bits per heavy atom. The van der Waals surface area contributed by atoms with Crippen molar-refractivity contribution in [1.29, 1.82) is 0 Å². The first-order chi connectivity index (χ1) is 9.61. The summed E-state index contributed by atoms with van der Waals surface area (Å²) in [5.74, 6) is -0.178. The molecule has 1 heterocycles. The number of tetrazole rings is 1. The zero-order chi connectivity index (χ0) is 14.5. The van der Waals surface area contributed by atoms with Crippen molar-refractivity contribution < 1.29 is 9.72 Å². The van der Waals surface area contributed by atoms with E-state index in [1.165, 1.54) is 28.9 Å². The van der Waals surface area contributed by atoms with Gasteiger partial charge in [0.05, 0.1) is 4.92 Å². The van der Waals surface area contributed by atoms with Crippen LogP contribution in [0.25, 0.3) is 0 Å². The molecule has 9 heteroatoms. The molecule has 1 aromatic carbocycles. The van der Waals surface area contributed by atoms with Gasteiger partial charge in [0, 0.05) is 24.2 Å². The molecule has 0 saturated heterocycles. The van der Waals surface area contributed by atoms with Crippen molar-refractivity contribution in [1.82, 2.24) is 20.2 Å². The van der Waals surface area contributed by atoms with Gasteiger partial charge in [0.1, 0.15) is 0 Å². The molecule has 0 spiro atoms. The van der Waals surface area contributed by atoms with Crippen LogP contribution in [-0.2, 0) is 6.54 Å². The maximum absolute atomic E-state index is 12.0. The molecule has 0 aliphatic carbocycles. The van der Waals surface area contributed by atoms with Gasteiger partial charge in [0.15, 0.2) is 0 Å². The van der Waals surface area contributed by atoms with E-state index in [4.69, 9.17) is 0 Å². The van der Waals surface area contributed by atoms with Crippen molar-refractivity contribution in [3.8, 4) is 0 Å². The lowest BCUT2D eigenvalue weighted by Gasteiger charge is -2.04. The van der Waals surface area contributed by atoms with E-state index in [9.17, 15) is 14.9 Å². The number of carbonyl (C=O) groups excluding carboxylic acids is 1. The van der Waals surface area contributed by atoms with Crippen molar-refractivity contribution in [2.45, 2.75) is 19.9 Å². The first-order valence-electron chi connectivity index (χ1n) is 5.93. The molecule has 0 bridgehead atoms. The van der Waals surface area contributed by atoms with Crippen molar-refractivity contribution >= 4 is 17.5 Å². The van der Waals surface area contributed by atoms with Gasteiger partial charge in [-0.2, -0.15) is 0 Å². The Morgan fingerprint density at radius 3 is 2.70 bits per heavy atom. The van der Waals surface area contributed by atoms with Crippen LogP contribution in [0.4, 0.5) is 11.6 Å². The van der Waals surface area contributed by atoms with E-state index in [0.29, 0.717) is 12.1 Å². The fourth-order valence-electron chi connectivity index (χ4n) is 1.56. The highest BCUT2D eigenvalue weighted by Gasteiger charge is 2.13. The lowest BCUT2D eigenvalue weighted by Crippen LogP contribution is -2.16. The van der Waals surface area contributed by atoms with Crippen LogP contribution >= 0.6 is 0 Å². The molecule has 0 fully saturated rings. The predicted molar refractivity (Wildman–Crippen MR) is 69.2 cm³/mol. The average Bonchev–Trinajstić information content (AvgIpc) is 2.86. The summed E-state index contributed by atoms with van der Waals surface area (Å²) < 4.78 is 1.48. The Morgan fingerprint density at radius 2 is 2.10 bits per heavy atom. The SMILES string of the molecule is CCCn1nnnc1NC(=O)c1ccc([N+](=O)[O-])cc1. The summed E-state index contributed by atoms with van der Waals surface area (Å²) in [6.07, 6.45) is 0.825. The largest absolute Gasteiger partial charge is 0.289 e. The molecule has 1 N–H and O–H groups in total. The van der Waals surface area contributed by atoms with Crippen molar-refractivity contribution in [3.05, 3.63) is 39.9 Å². The third-order valence-electron chi connectivity index (χ3n) is 2.53. The first kappa shape index (κ1) is 13.6. The van der Waals surface area contributed by atoms with Gasteiger partial charge in [-0.15, -0.1) is 0 Å². The average molecular weight is 276 g/mol. The second-order valence-electron chi connectivity index (χ2n) is 3.98. The quantitative estimate of drug-likeness (QED) is 0.648. The maximum Gasteiger partial charge on any atom is 0.269 e. The second-order valence-corrected chi connectivity index (χ2v) is 3.98. The van der Waals surface area contributed by atoms with Gasteiger partial charge >= 0.3 is 0 Å². The molecule has 2 rings (SSSR count).